The molecule has 2 saturated carbocycles. The van der Waals surface area contributed by atoms with Crippen LogP contribution in [0, 0.1) is 17.3 Å². The Kier molecular flexibility index (Phi) is 2.35. The summed E-state index contributed by atoms with van der Waals surface area (Å²) in [6.07, 6.45) is 5.70. The molecule has 0 aliphatic heterocycles. The molecule has 0 aromatic rings. The Labute approximate surface area is 79.4 Å². The van der Waals surface area contributed by atoms with Gasteiger partial charge in [-0.3, -0.25) is 0 Å². The lowest BCUT2D eigenvalue weighted by Crippen LogP contribution is -2.29. The molecule has 2 aliphatic rings. The van der Waals surface area contributed by atoms with E-state index in [4.69, 9.17) is 16.3 Å². The first-order chi connectivity index (χ1) is 5.74. The van der Waals surface area contributed by atoms with Crippen LogP contribution in [0.3, 0.4) is 0 Å². The summed E-state index contributed by atoms with van der Waals surface area (Å²) < 4.78 is 5.34. The number of fused-ring (bicyclic) bond motifs is 2. The topological polar surface area (TPSA) is 9.23 Å². The van der Waals surface area contributed by atoms with Crippen molar-refractivity contribution in [1.82, 2.24) is 0 Å². The first-order valence-electron chi connectivity index (χ1n) is 4.88. The maximum absolute atomic E-state index is 5.52. The van der Waals surface area contributed by atoms with E-state index in [1.807, 2.05) is 0 Å². The third-order valence-corrected chi connectivity index (χ3v) is 3.95. The van der Waals surface area contributed by atoms with E-state index in [9.17, 15) is 0 Å². The van der Waals surface area contributed by atoms with E-state index >= 15 is 0 Å². The first kappa shape index (κ1) is 8.83. The van der Waals surface area contributed by atoms with Gasteiger partial charge in [-0.2, -0.15) is 0 Å². The van der Waals surface area contributed by atoms with Crippen molar-refractivity contribution in [2.24, 2.45) is 17.3 Å². The van der Waals surface area contributed by atoms with Crippen LogP contribution in [0.25, 0.3) is 0 Å². The van der Waals surface area contributed by atoms with Gasteiger partial charge >= 0.3 is 0 Å². The van der Waals surface area contributed by atoms with E-state index in [1.165, 1.54) is 25.7 Å². The summed E-state index contributed by atoms with van der Waals surface area (Å²) in [6, 6.07) is 0.354. The molecular formula is C10H17ClO. The molecule has 2 heteroatoms. The second-order valence-corrected chi connectivity index (χ2v) is 4.91. The van der Waals surface area contributed by atoms with E-state index in [-0.39, 0.29) is 0 Å². The van der Waals surface area contributed by atoms with Gasteiger partial charge in [0, 0.05) is 0 Å². The molecule has 0 radical (unpaired) electrons. The highest BCUT2D eigenvalue weighted by molar-refractivity contribution is 6.17. The van der Waals surface area contributed by atoms with Crippen LogP contribution in [0.5, 0.6) is 0 Å². The predicted octanol–water partition coefficient (Wildman–Crippen LogP) is 3.03. The average molecular weight is 189 g/mol. The largest absolute Gasteiger partial charge is 0.365 e. The summed E-state index contributed by atoms with van der Waals surface area (Å²) in [5.41, 5.74) is 0.456. The van der Waals surface area contributed by atoms with E-state index in [1.54, 1.807) is 0 Å². The Hall–Kier alpha value is 0.250. The molecule has 70 valence electrons. The van der Waals surface area contributed by atoms with Gasteiger partial charge in [0.2, 0.25) is 0 Å². The molecule has 0 aromatic heterocycles. The molecule has 1 nitrogen and oxygen atoms in total. The van der Waals surface area contributed by atoms with Gasteiger partial charge < -0.3 is 4.74 Å². The minimum absolute atomic E-state index is 0.354. The Bertz CT molecular complexity index is 171. The summed E-state index contributed by atoms with van der Waals surface area (Å²) in [7, 11) is 0. The maximum atomic E-state index is 5.52. The van der Waals surface area contributed by atoms with Crippen molar-refractivity contribution < 1.29 is 4.74 Å². The maximum Gasteiger partial charge on any atom is 0.120 e. The van der Waals surface area contributed by atoms with Crippen LogP contribution in [-0.4, -0.2) is 12.7 Å². The van der Waals surface area contributed by atoms with Crippen LogP contribution in [0.2, 0.25) is 0 Å². The molecule has 0 spiro atoms. The van der Waals surface area contributed by atoms with Crippen molar-refractivity contribution >= 4 is 11.6 Å². The lowest BCUT2D eigenvalue weighted by atomic mass is 9.75. The predicted molar refractivity (Wildman–Crippen MR) is 50.2 cm³/mol. The zero-order chi connectivity index (χ0) is 8.60. The van der Waals surface area contributed by atoms with Crippen LogP contribution in [0.15, 0.2) is 0 Å². The molecule has 2 rings (SSSR count). The fourth-order valence-electron chi connectivity index (χ4n) is 3.17. The van der Waals surface area contributed by atoms with Crippen LogP contribution in [0.4, 0.5) is 0 Å². The van der Waals surface area contributed by atoms with E-state index in [0.717, 1.165) is 18.4 Å². The fourth-order valence-corrected chi connectivity index (χ4v) is 3.25. The summed E-state index contributed by atoms with van der Waals surface area (Å²) >= 11 is 5.52. The van der Waals surface area contributed by atoms with Crippen LogP contribution >= 0.6 is 11.6 Å². The van der Waals surface area contributed by atoms with Crippen LogP contribution in [0.1, 0.15) is 32.6 Å². The van der Waals surface area contributed by atoms with E-state index in [0.29, 0.717) is 11.5 Å². The van der Waals surface area contributed by atoms with Crippen molar-refractivity contribution in [3.05, 3.63) is 0 Å². The van der Waals surface area contributed by atoms with Gasteiger partial charge in [-0.05, 0) is 36.5 Å². The van der Waals surface area contributed by atoms with Gasteiger partial charge in [0.1, 0.15) is 6.07 Å². The lowest BCUT2D eigenvalue weighted by Gasteiger charge is -2.33. The Morgan fingerprint density at radius 2 is 2.33 bits per heavy atom. The monoisotopic (exact) mass is 188 g/mol. The van der Waals surface area contributed by atoms with Crippen LogP contribution < -0.4 is 0 Å². The Morgan fingerprint density at radius 3 is 2.83 bits per heavy atom. The fraction of sp³-hybridized carbons (Fsp3) is 1.00. The second-order valence-electron chi connectivity index (χ2n) is 4.69. The zero-order valence-corrected chi connectivity index (χ0v) is 8.44. The molecule has 12 heavy (non-hydrogen) atoms. The van der Waals surface area contributed by atoms with Gasteiger partial charge in [-0.1, -0.05) is 24.9 Å². The zero-order valence-electron chi connectivity index (χ0n) is 7.68. The number of rotatable bonds is 3. The van der Waals surface area contributed by atoms with Crippen molar-refractivity contribution in [3.8, 4) is 0 Å². The van der Waals surface area contributed by atoms with Gasteiger partial charge in [0.25, 0.3) is 0 Å². The third kappa shape index (κ3) is 1.38. The Morgan fingerprint density at radius 1 is 1.50 bits per heavy atom. The van der Waals surface area contributed by atoms with Crippen molar-refractivity contribution in [2.45, 2.75) is 32.6 Å². The van der Waals surface area contributed by atoms with Gasteiger partial charge in [-0.15, -0.1) is 0 Å². The van der Waals surface area contributed by atoms with Crippen molar-refractivity contribution in [3.63, 3.8) is 0 Å². The average Bonchev–Trinajstić information content (AvgIpc) is 2.60. The van der Waals surface area contributed by atoms with Crippen molar-refractivity contribution in [1.29, 1.82) is 0 Å². The molecule has 0 heterocycles. The summed E-state index contributed by atoms with van der Waals surface area (Å²) in [6.45, 7) is 3.24. The SMILES string of the molecule is CC1(COCCl)CC2CCC1C2. The lowest BCUT2D eigenvalue weighted by molar-refractivity contribution is 0.0408. The number of hydrogen-bond donors (Lipinski definition) is 0. The molecule has 2 bridgehead atoms. The molecule has 0 amide bonds. The molecule has 0 saturated heterocycles. The highest BCUT2D eigenvalue weighted by atomic mass is 35.5. The molecule has 3 unspecified atom stereocenters. The third-order valence-electron chi connectivity index (χ3n) is 3.79. The molecule has 2 aliphatic carbocycles. The molecule has 0 N–H and O–H groups in total. The van der Waals surface area contributed by atoms with Gasteiger partial charge in [0.15, 0.2) is 0 Å². The Balaban J connectivity index is 1.93. The molecular weight excluding hydrogens is 172 g/mol. The highest BCUT2D eigenvalue weighted by Crippen LogP contribution is 2.55. The summed E-state index contributed by atoms with van der Waals surface area (Å²) in [4.78, 5) is 0. The van der Waals surface area contributed by atoms with Crippen molar-refractivity contribution in [2.75, 3.05) is 12.7 Å². The van der Waals surface area contributed by atoms with Crippen LogP contribution in [-0.2, 0) is 4.74 Å². The summed E-state index contributed by atoms with van der Waals surface area (Å²) in [5, 5.41) is 0. The second kappa shape index (κ2) is 3.19. The minimum atomic E-state index is 0.354. The smallest absolute Gasteiger partial charge is 0.120 e. The minimum Gasteiger partial charge on any atom is -0.365 e. The van der Waals surface area contributed by atoms with Gasteiger partial charge in [-0.25, -0.2) is 0 Å². The molecule has 2 fully saturated rings. The molecule has 3 atom stereocenters. The van der Waals surface area contributed by atoms with E-state index < -0.39 is 0 Å². The first-order valence-corrected chi connectivity index (χ1v) is 5.42. The van der Waals surface area contributed by atoms with E-state index in [2.05, 4.69) is 6.92 Å². The normalized spacial score (nSPS) is 45.5. The molecule has 0 aromatic carbocycles. The standard InChI is InChI=1S/C10H17ClO/c1-10(6-12-7-11)5-8-2-3-9(10)4-8/h8-9H,2-7H2,1H3. The van der Waals surface area contributed by atoms with Gasteiger partial charge in [0.05, 0.1) is 6.61 Å². The highest BCUT2D eigenvalue weighted by Gasteiger charge is 2.47. The summed E-state index contributed by atoms with van der Waals surface area (Å²) in [5.74, 6) is 1.92. The number of ether oxygens (including phenoxy) is 1. The number of hydrogen-bond acceptors (Lipinski definition) is 1. The number of alkyl halides is 1. The quantitative estimate of drug-likeness (QED) is 0.619. The number of halogens is 1.